The van der Waals surface area contributed by atoms with Crippen molar-refractivity contribution in [2.45, 2.75) is 11.1 Å². The summed E-state index contributed by atoms with van der Waals surface area (Å²) >= 11 is 0. The van der Waals surface area contributed by atoms with E-state index in [2.05, 4.69) is 0 Å². The molecule has 0 bridgehead atoms. The van der Waals surface area contributed by atoms with Gasteiger partial charge in [0.2, 0.25) is 10.0 Å². The molecule has 1 fully saturated rings. The second kappa shape index (κ2) is 8.11. The molecule has 166 valence electrons. The molecule has 0 aromatic heterocycles. The summed E-state index contributed by atoms with van der Waals surface area (Å²) in [7, 11) is -4.09. The molecule has 1 aliphatic rings. The maximum absolute atomic E-state index is 13.4. The van der Waals surface area contributed by atoms with Gasteiger partial charge in [-0.05, 0) is 12.1 Å². The van der Waals surface area contributed by atoms with Crippen LogP contribution in [0.5, 0.6) is 0 Å². The molecule has 0 atom stereocenters. The minimum Gasteiger partial charge on any atom is -0.368 e. The van der Waals surface area contributed by atoms with Crippen molar-refractivity contribution in [1.82, 2.24) is 4.31 Å². The standard InChI is InChI=1S/C17H15F3N4O6S/c18-17(19,20)15-11-13(24(27)28)4-5-16(15)21-6-8-22(9-7-21)31(29,30)14-3-1-2-12(10-14)23(25)26/h1-5,10-11H,6-9H2. The van der Waals surface area contributed by atoms with Gasteiger partial charge in [0.1, 0.15) is 0 Å². The van der Waals surface area contributed by atoms with Crippen molar-refractivity contribution >= 4 is 27.1 Å². The van der Waals surface area contributed by atoms with Gasteiger partial charge in [0.05, 0.1) is 20.3 Å². The van der Waals surface area contributed by atoms with Crippen LogP contribution in [0.4, 0.5) is 30.2 Å². The normalized spacial score (nSPS) is 15.6. The van der Waals surface area contributed by atoms with Gasteiger partial charge in [0, 0.05) is 56.1 Å². The Morgan fingerprint density at radius 1 is 0.871 bits per heavy atom. The van der Waals surface area contributed by atoms with Crippen LogP contribution in [-0.4, -0.2) is 48.7 Å². The third kappa shape index (κ3) is 4.59. The molecule has 0 spiro atoms. The number of hydrogen-bond donors (Lipinski definition) is 0. The number of anilines is 1. The topological polar surface area (TPSA) is 127 Å². The molecule has 0 saturated carbocycles. The number of halogens is 3. The van der Waals surface area contributed by atoms with Crippen LogP contribution in [0.2, 0.25) is 0 Å². The first kappa shape index (κ1) is 22.4. The van der Waals surface area contributed by atoms with Crippen molar-refractivity contribution in [3.05, 3.63) is 68.3 Å². The molecule has 1 aliphatic heterocycles. The van der Waals surface area contributed by atoms with Gasteiger partial charge in [-0.2, -0.15) is 17.5 Å². The maximum atomic E-state index is 13.4. The molecule has 0 unspecified atom stereocenters. The molecule has 1 heterocycles. The third-order valence-electron chi connectivity index (χ3n) is 4.74. The van der Waals surface area contributed by atoms with E-state index in [4.69, 9.17) is 0 Å². The van der Waals surface area contributed by atoms with Crippen LogP contribution in [0.3, 0.4) is 0 Å². The monoisotopic (exact) mass is 460 g/mol. The van der Waals surface area contributed by atoms with Crippen LogP contribution >= 0.6 is 0 Å². The quantitative estimate of drug-likeness (QED) is 0.496. The van der Waals surface area contributed by atoms with Gasteiger partial charge in [0.15, 0.2) is 0 Å². The van der Waals surface area contributed by atoms with Gasteiger partial charge in [-0.1, -0.05) is 6.07 Å². The van der Waals surface area contributed by atoms with Crippen molar-refractivity contribution in [2.24, 2.45) is 0 Å². The van der Waals surface area contributed by atoms with E-state index in [0.29, 0.717) is 6.07 Å². The van der Waals surface area contributed by atoms with Gasteiger partial charge in [-0.3, -0.25) is 20.2 Å². The fraction of sp³-hybridized carbons (Fsp3) is 0.294. The first-order valence-electron chi connectivity index (χ1n) is 8.76. The van der Waals surface area contributed by atoms with Crippen LogP contribution in [-0.2, 0) is 16.2 Å². The summed E-state index contributed by atoms with van der Waals surface area (Å²) in [5.74, 6) is 0. The molecule has 3 rings (SSSR count). The number of nitro groups is 2. The van der Waals surface area contributed by atoms with Gasteiger partial charge >= 0.3 is 6.18 Å². The summed E-state index contributed by atoms with van der Waals surface area (Å²) < 4.78 is 66.9. The Morgan fingerprint density at radius 2 is 1.45 bits per heavy atom. The second-order valence-electron chi connectivity index (χ2n) is 6.60. The van der Waals surface area contributed by atoms with E-state index >= 15 is 0 Å². The first-order valence-corrected chi connectivity index (χ1v) is 10.2. The average Bonchev–Trinajstić information content (AvgIpc) is 2.72. The number of non-ortho nitro benzene ring substituents is 2. The number of nitro benzene ring substituents is 2. The van der Waals surface area contributed by atoms with Gasteiger partial charge in [0.25, 0.3) is 11.4 Å². The zero-order valence-electron chi connectivity index (χ0n) is 15.7. The van der Waals surface area contributed by atoms with Crippen LogP contribution < -0.4 is 4.90 Å². The molecule has 31 heavy (non-hydrogen) atoms. The lowest BCUT2D eigenvalue weighted by atomic mass is 10.1. The zero-order valence-corrected chi connectivity index (χ0v) is 16.5. The summed E-state index contributed by atoms with van der Waals surface area (Å²) in [4.78, 5) is 21.1. The number of sulfonamides is 1. The molecule has 0 amide bonds. The highest BCUT2D eigenvalue weighted by atomic mass is 32.2. The predicted octanol–water partition coefficient (Wildman–Crippen LogP) is 3.03. The molecule has 10 nitrogen and oxygen atoms in total. The fourth-order valence-electron chi connectivity index (χ4n) is 3.22. The summed E-state index contributed by atoms with van der Waals surface area (Å²) in [6, 6.07) is 6.88. The van der Waals surface area contributed by atoms with E-state index in [-0.39, 0.29) is 36.8 Å². The highest BCUT2D eigenvalue weighted by Crippen LogP contribution is 2.39. The van der Waals surface area contributed by atoms with Gasteiger partial charge < -0.3 is 4.90 Å². The molecule has 14 heteroatoms. The molecular weight excluding hydrogens is 445 g/mol. The van der Waals surface area contributed by atoms with Gasteiger partial charge in [-0.15, -0.1) is 0 Å². The minimum absolute atomic E-state index is 0.102. The van der Waals surface area contributed by atoms with Crippen LogP contribution in [0.25, 0.3) is 0 Å². The van der Waals surface area contributed by atoms with E-state index in [9.17, 15) is 41.8 Å². The van der Waals surface area contributed by atoms with Crippen LogP contribution in [0, 0.1) is 20.2 Å². The van der Waals surface area contributed by atoms with Crippen molar-refractivity contribution in [3.8, 4) is 0 Å². The smallest absolute Gasteiger partial charge is 0.368 e. The minimum atomic E-state index is -4.84. The van der Waals surface area contributed by atoms with E-state index in [1.54, 1.807) is 0 Å². The average molecular weight is 460 g/mol. The Bertz CT molecular complexity index is 1130. The number of alkyl halides is 3. The van der Waals surface area contributed by atoms with Crippen molar-refractivity contribution in [1.29, 1.82) is 0 Å². The maximum Gasteiger partial charge on any atom is 0.418 e. The SMILES string of the molecule is O=[N+]([O-])c1cccc(S(=O)(=O)N2CCN(c3ccc([N+](=O)[O-])cc3C(F)(F)F)CC2)c1. The molecule has 0 aliphatic carbocycles. The molecule has 1 saturated heterocycles. The third-order valence-corrected chi connectivity index (χ3v) is 6.64. The van der Waals surface area contributed by atoms with E-state index < -0.39 is 43.0 Å². The highest BCUT2D eigenvalue weighted by Gasteiger charge is 2.38. The Labute approximate surface area is 173 Å². The van der Waals surface area contributed by atoms with Gasteiger partial charge in [-0.25, -0.2) is 8.42 Å². The van der Waals surface area contributed by atoms with Crippen molar-refractivity contribution in [3.63, 3.8) is 0 Å². The zero-order chi connectivity index (χ0) is 23.0. The number of nitrogens with zero attached hydrogens (tertiary/aromatic N) is 4. The molecular formula is C17H15F3N4O6S. The van der Waals surface area contributed by atoms with Crippen molar-refractivity contribution in [2.75, 3.05) is 31.1 Å². The largest absolute Gasteiger partial charge is 0.418 e. The van der Waals surface area contributed by atoms with Crippen LogP contribution in [0.15, 0.2) is 47.4 Å². The lowest BCUT2D eigenvalue weighted by Gasteiger charge is -2.36. The predicted molar refractivity (Wildman–Crippen MR) is 102 cm³/mol. The second-order valence-corrected chi connectivity index (χ2v) is 8.54. The summed E-state index contributed by atoms with van der Waals surface area (Å²) in [6.07, 6.45) is -4.84. The molecule has 2 aromatic rings. The first-order chi connectivity index (χ1) is 14.4. The lowest BCUT2D eigenvalue weighted by Crippen LogP contribution is -2.49. The summed E-state index contributed by atoms with van der Waals surface area (Å²) in [5, 5.41) is 21.7. The van der Waals surface area contributed by atoms with E-state index in [1.807, 2.05) is 0 Å². The molecule has 0 N–H and O–H groups in total. The van der Waals surface area contributed by atoms with E-state index in [0.717, 1.165) is 28.6 Å². The lowest BCUT2D eigenvalue weighted by molar-refractivity contribution is -0.385. The number of benzene rings is 2. The Hall–Kier alpha value is -3.26. The number of hydrogen-bond acceptors (Lipinski definition) is 7. The fourth-order valence-corrected chi connectivity index (χ4v) is 4.68. The van der Waals surface area contributed by atoms with E-state index in [1.165, 1.54) is 17.0 Å². The molecule has 2 aromatic carbocycles. The number of piperazine rings is 1. The Kier molecular flexibility index (Phi) is 5.87. The highest BCUT2D eigenvalue weighted by molar-refractivity contribution is 7.89. The Morgan fingerprint density at radius 3 is 2.00 bits per heavy atom. The summed E-state index contributed by atoms with van der Waals surface area (Å²) in [6.45, 7) is -0.539. The Balaban J connectivity index is 1.83. The van der Waals surface area contributed by atoms with Crippen LogP contribution in [0.1, 0.15) is 5.56 Å². The molecule has 0 radical (unpaired) electrons. The van der Waals surface area contributed by atoms with Crippen molar-refractivity contribution < 1.29 is 31.4 Å². The summed E-state index contributed by atoms with van der Waals surface area (Å²) in [5.41, 5.74) is -2.58. The number of rotatable bonds is 5.